The number of aromatic amines is 1. The second kappa shape index (κ2) is 3.69. The number of carbonyl (C=O) groups excluding carboxylic acids is 2. The van der Waals surface area contributed by atoms with Crippen molar-refractivity contribution in [1.82, 2.24) is 10.3 Å². The van der Waals surface area contributed by atoms with Gasteiger partial charge in [-0.1, -0.05) is 6.07 Å². The van der Waals surface area contributed by atoms with Crippen LogP contribution in [0.3, 0.4) is 0 Å². The Bertz CT molecular complexity index is 984. The van der Waals surface area contributed by atoms with Crippen LogP contribution in [0, 0.1) is 0 Å². The van der Waals surface area contributed by atoms with E-state index in [1.165, 1.54) is 12.1 Å². The number of carboxylic acid groups (broad SMARTS) is 1. The lowest BCUT2D eigenvalue weighted by molar-refractivity contribution is 0.0696. The zero-order chi connectivity index (χ0) is 14.7. The first-order chi connectivity index (χ1) is 10.1. The van der Waals surface area contributed by atoms with Crippen molar-refractivity contribution in [3.8, 4) is 0 Å². The number of H-pyrrole nitrogens is 1. The van der Waals surface area contributed by atoms with Gasteiger partial charge in [0.1, 0.15) is 0 Å². The largest absolute Gasteiger partial charge is 0.478 e. The first kappa shape index (κ1) is 11.7. The molecular formula is C15H8N2O4. The Labute approximate surface area is 117 Å². The Morgan fingerprint density at radius 1 is 1.00 bits per heavy atom. The van der Waals surface area contributed by atoms with Crippen molar-refractivity contribution in [2.45, 2.75) is 0 Å². The second-order valence-electron chi connectivity index (χ2n) is 4.88. The number of amides is 2. The maximum absolute atomic E-state index is 12.0. The average Bonchev–Trinajstić information content (AvgIpc) is 2.95. The monoisotopic (exact) mass is 280 g/mol. The number of benzene rings is 2. The molecule has 2 amide bonds. The lowest BCUT2D eigenvalue weighted by Gasteiger charge is -1.98. The summed E-state index contributed by atoms with van der Waals surface area (Å²) in [6.45, 7) is 0. The van der Waals surface area contributed by atoms with Gasteiger partial charge in [0, 0.05) is 21.8 Å². The molecule has 0 spiro atoms. The fourth-order valence-corrected chi connectivity index (χ4v) is 2.79. The number of rotatable bonds is 1. The van der Waals surface area contributed by atoms with Crippen molar-refractivity contribution in [2.24, 2.45) is 0 Å². The summed E-state index contributed by atoms with van der Waals surface area (Å²) in [5.41, 5.74) is 2.15. The number of nitrogens with one attached hydrogen (secondary N) is 2. The van der Waals surface area contributed by atoms with Crippen molar-refractivity contribution >= 4 is 39.6 Å². The molecule has 1 aliphatic rings. The molecule has 0 unspecified atom stereocenters. The molecule has 2 heterocycles. The highest BCUT2D eigenvalue weighted by Gasteiger charge is 2.30. The molecule has 3 N–H and O–H groups in total. The smallest absolute Gasteiger partial charge is 0.335 e. The van der Waals surface area contributed by atoms with Gasteiger partial charge in [0.15, 0.2) is 0 Å². The summed E-state index contributed by atoms with van der Waals surface area (Å²) in [5, 5.41) is 12.7. The third-order valence-corrected chi connectivity index (χ3v) is 3.71. The lowest BCUT2D eigenvalue weighted by atomic mass is 10.0. The number of carbonyl (C=O) groups is 3. The van der Waals surface area contributed by atoms with E-state index in [1.807, 2.05) is 0 Å². The molecule has 21 heavy (non-hydrogen) atoms. The van der Waals surface area contributed by atoms with Crippen molar-refractivity contribution in [3.63, 3.8) is 0 Å². The van der Waals surface area contributed by atoms with Crippen LogP contribution in [0.4, 0.5) is 0 Å². The number of hydrogen-bond donors (Lipinski definition) is 3. The maximum Gasteiger partial charge on any atom is 0.335 e. The Balaban J connectivity index is 2.15. The molecule has 3 aromatic rings. The van der Waals surface area contributed by atoms with E-state index < -0.39 is 17.8 Å². The van der Waals surface area contributed by atoms with Crippen LogP contribution in [-0.4, -0.2) is 27.9 Å². The Kier molecular flexibility index (Phi) is 2.05. The molecule has 6 nitrogen and oxygen atoms in total. The van der Waals surface area contributed by atoms with E-state index in [0.29, 0.717) is 27.5 Å². The summed E-state index contributed by atoms with van der Waals surface area (Å²) in [7, 11) is 0. The predicted octanol–water partition coefficient (Wildman–Crippen LogP) is 1.90. The fraction of sp³-hybridized carbons (Fsp3) is 0. The van der Waals surface area contributed by atoms with Gasteiger partial charge in [0.2, 0.25) is 0 Å². The van der Waals surface area contributed by atoms with Crippen LogP contribution in [-0.2, 0) is 0 Å². The topological polar surface area (TPSA) is 99.3 Å². The molecule has 1 aromatic heterocycles. The number of imide groups is 1. The Morgan fingerprint density at radius 2 is 1.81 bits per heavy atom. The number of fused-ring (bicyclic) bond motifs is 5. The van der Waals surface area contributed by atoms with Crippen molar-refractivity contribution in [2.75, 3.05) is 0 Å². The molecule has 0 saturated heterocycles. The highest BCUT2D eigenvalue weighted by Crippen LogP contribution is 2.32. The highest BCUT2D eigenvalue weighted by atomic mass is 16.4. The van der Waals surface area contributed by atoms with Gasteiger partial charge < -0.3 is 10.1 Å². The molecule has 6 heteroatoms. The lowest BCUT2D eigenvalue weighted by Crippen LogP contribution is -2.19. The van der Waals surface area contributed by atoms with Gasteiger partial charge in [-0.3, -0.25) is 14.9 Å². The zero-order valence-electron chi connectivity index (χ0n) is 10.6. The number of carboxylic acids is 1. The molecule has 1 aliphatic heterocycles. The minimum absolute atomic E-state index is 0.159. The van der Waals surface area contributed by atoms with E-state index in [0.717, 1.165) is 5.39 Å². The zero-order valence-corrected chi connectivity index (χ0v) is 10.6. The summed E-state index contributed by atoms with van der Waals surface area (Å²) in [5.74, 6) is -1.86. The maximum atomic E-state index is 12.0. The number of hydrogen-bond acceptors (Lipinski definition) is 3. The van der Waals surface area contributed by atoms with Crippen LogP contribution in [0.15, 0.2) is 30.3 Å². The first-order valence-electron chi connectivity index (χ1n) is 6.23. The third-order valence-electron chi connectivity index (χ3n) is 3.71. The molecule has 4 rings (SSSR count). The van der Waals surface area contributed by atoms with E-state index in [2.05, 4.69) is 10.3 Å². The summed E-state index contributed by atoms with van der Waals surface area (Å²) in [6.07, 6.45) is 0. The van der Waals surface area contributed by atoms with Gasteiger partial charge in [0.05, 0.1) is 16.7 Å². The highest BCUT2D eigenvalue weighted by molar-refractivity contribution is 6.30. The number of aromatic carboxylic acids is 1. The third kappa shape index (κ3) is 1.44. The van der Waals surface area contributed by atoms with E-state index >= 15 is 0 Å². The van der Waals surface area contributed by atoms with E-state index in [1.54, 1.807) is 18.2 Å². The summed E-state index contributed by atoms with van der Waals surface area (Å²) >= 11 is 0. The van der Waals surface area contributed by atoms with Gasteiger partial charge in [-0.05, 0) is 24.3 Å². The average molecular weight is 280 g/mol. The predicted molar refractivity (Wildman–Crippen MR) is 74.6 cm³/mol. The number of aromatic nitrogens is 1. The van der Waals surface area contributed by atoms with E-state index in [-0.39, 0.29) is 5.56 Å². The van der Waals surface area contributed by atoms with Gasteiger partial charge in [0.25, 0.3) is 11.8 Å². The normalized spacial score (nSPS) is 13.7. The van der Waals surface area contributed by atoms with E-state index in [9.17, 15) is 14.4 Å². The SMILES string of the molecule is O=C(O)c1ccc2c(c1)[nH]c1ccc3c(c12)C(=O)NC3=O. The molecule has 0 bridgehead atoms. The minimum atomic E-state index is -1.02. The van der Waals surface area contributed by atoms with Crippen LogP contribution in [0.25, 0.3) is 21.8 Å². The summed E-state index contributed by atoms with van der Waals surface area (Å²) in [6, 6.07) is 7.94. The Morgan fingerprint density at radius 3 is 2.57 bits per heavy atom. The van der Waals surface area contributed by atoms with Crippen LogP contribution in [0.1, 0.15) is 31.1 Å². The van der Waals surface area contributed by atoms with Crippen LogP contribution < -0.4 is 5.32 Å². The molecular weight excluding hydrogens is 272 g/mol. The van der Waals surface area contributed by atoms with E-state index in [4.69, 9.17) is 5.11 Å². The van der Waals surface area contributed by atoms with Crippen LogP contribution in [0.2, 0.25) is 0 Å². The van der Waals surface area contributed by atoms with Gasteiger partial charge >= 0.3 is 5.97 Å². The molecule has 0 saturated carbocycles. The Hall–Kier alpha value is -3.15. The molecule has 2 aromatic carbocycles. The fourth-order valence-electron chi connectivity index (χ4n) is 2.79. The van der Waals surface area contributed by atoms with Gasteiger partial charge in [-0.15, -0.1) is 0 Å². The molecule has 0 radical (unpaired) electrons. The standard InChI is InChI=1S/C15H8N2O4/c18-13-8-3-4-9-11(12(8)14(19)17-13)7-2-1-6(15(20)21)5-10(7)16-9/h1-5,16H,(H,20,21)(H,17,18,19). The second-order valence-corrected chi connectivity index (χ2v) is 4.88. The quantitative estimate of drug-likeness (QED) is 0.593. The van der Waals surface area contributed by atoms with Crippen LogP contribution in [0.5, 0.6) is 0 Å². The summed E-state index contributed by atoms with van der Waals surface area (Å²) < 4.78 is 0. The van der Waals surface area contributed by atoms with Gasteiger partial charge in [-0.25, -0.2) is 4.79 Å². The van der Waals surface area contributed by atoms with Crippen LogP contribution >= 0.6 is 0 Å². The molecule has 0 fully saturated rings. The molecule has 0 atom stereocenters. The van der Waals surface area contributed by atoms with Crippen molar-refractivity contribution in [3.05, 3.63) is 47.0 Å². The first-order valence-corrected chi connectivity index (χ1v) is 6.23. The van der Waals surface area contributed by atoms with Crippen molar-refractivity contribution in [1.29, 1.82) is 0 Å². The molecule has 102 valence electrons. The molecule has 0 aliphatic carbocycles. The minimum Gasteiger partial charge on any atom is -0.478 e. The summed E-state index contributed by atoms with van der Waals surface area (Å²) in [4.78, 5) is 37.8. The van der Waals surface area contributed by atoms with Crippen molar-refractivity contribution < 1.29 is 19.5 Å². The van der Waals surface area contributed by atoms with Gasteiger partial charge in [-0.2, -0.15) is 0 Å².